The van der Waals surface area contributed by atoms with Gasteiger partial charge in [0, 0.05) is 5.69 Å². The molecular weight excluding hydrogens is 306 g/mol. The first kappa shape index (κ1) is 16.4. The number of amides is 1. The third-order valence-electron chi connectivity index (χ3n) is 1.91. The van der Waals surface area contributed by atoms with Crippen molar-refractivity contribution in [2.24, 2.45) is 0 Å². The van der Waals surface area contributed by atoms with Crippen LogP contribution in [0, 0.1) is 0 Å². The zero-order valence-electron chi connectivity index (χ0n) is 9.92. The van der Waals surface area contributed by atoms with Crippen LogP contribution in [0.3, 0.4) is 0 Å². The van der Waals surface area contributed by atoms with Gasteiger partial charge >= 0.3 is 18.6 Å². The summed E-state index contributed by atoms with van der Waals surface area (Å²) >= 11 is 5.31. The van der Waals surface area contributed by atoms with Crippen molar-refractivity contribution in [2.45, 2.75) is 12.5 Å². The first-order valence-corrected chi connectivity index (χ1v) is 5.83. The summed E-state index contributed by atoms with van der Waals surface area (Å²) in [7, 11) is 0. The fourth-order valence-corrected chi connectivity index (χ4v) is 1.17. The molecular formula is C11H10ClF4NO3. The molecule has 0 heterocycles. The molecule has 0 saturated heterocycles. The number of carbonyl (C=O) groups is 1. The molecule has 0 radical (unpaired) electrons. The highest BCUT2D eigenvalue weighted by molar-refractivity contribution is 6.18. The van der Waals surface area contributed by atoms with Crippen LogP contribution in [0.4, 0.5) is 28.0 Å². The smallest absolute Gasteiger partial charge is 0.452 e. The van der Waals surface area contributed by atoms with Crippen LogP contribution in [0.2, 0.25) is 0 Å². The molecule has 1 atom stereocenters. The summed E-state index contributed by atoms with van der Waals surface area (Å²) < 4.78 is 57.0. The lowest BCUT2D eigenvalue weighted by Gasteiger charge is -2.14. The van der Waals surface area contributed by atoms with Crippen molar-refractivity contribution < 1.29 is 31.8 Å². The maximum absolute atomic E-state index is 12.6. The van der Waals surface area contributed by atoms with Crippen LogP contribution < -0.4 is 10.1 Å². The van der Waals surface area contributed by atoms with Crippen LogP contribution in [0.15, 0.2) is 24.3 Å². The predicted octanol–water partition coefficient (Wildman–Crippen LogP) is 3.71. The number of hydrogen-bond acceptors (Lipinski definition) is 3. The van der Waals surface area contributed by atoms with Gasteiger partial charge in [0.2, 0.25) is 0 Å². The second-order valence-electron chi connectivity index (χ2n) is 3.45. The number of nitrogens with one attached hydrogen (secondary N) is 1. The largest absolute Gasteiger partial charge is 0.457 e. The van der Waals surface area contributed by atoms with Gasteiger partial charge in [0.15, 0.2) is 0 Å². The van der Waals surface area contributed by atoms with E-state index in [4.69, 9.17) is 11.6 Å². The molecule has 0 fully saturated rings. The molecule has 0 aliphatic heterocycles. The number of alkyl halides is 5. The Balaban J connectivity index is 2.54. The summed E-state index contributed by atoms with van der Waals surface area (Å²) in [6, 6.07) is 4.63. The number of rotatable bonds is 5. The van der Waals surface area contributed by atoms with Crippen LogP contribution >= 0.6 is 11.6 Å². The number of benzene rings is 1. The molecule has 1 amide bonds. The van der Waals surface area contributed by atoms with Crippen molar-refractivity contribution >= 4 is 23.4 Å². The quantitative estimate of drug-likeness (QED) is 0.665. The minimum atomic E-state index is -5.09. The first-order valence-electron chi connectivity index (χ1n) is 5.30. The van der Waals surface area contributed by atoms with E-state index in [0.717, 1.165) is 12.1 Å². The van der Waals surface area contributed by atoms with E-state index in [1.54, 1.807) is 0 Å². The maximum atomic E-state index is 12.6. The van der Waals surface area contributed by atoms with Crippen LogP contribution in [0.1, 0.15) is 0 Å². The van der Waals surface area contributed by atoms with Gasteiger partial charge in [-0.1, -0.05) is 0 Å². The summed E-state index contributed by atoms with van der Waals surface area (Å²) in [5.41, 5.74) is 0.249. The van der Waals surface area contributed by atoms with Gasteiger partial charge in [-0.25, -0.2) is 4.79 Å². The second kappa shape index (κ2) is 7.18. The van der Waals surface area contributed by atoms with Crippen LogP contribution in [-0.2, 0) is 4.74 Å². The van der Waals surface area contributed by atoms with Crippen molar-refractivity contribution in [2.75, 3.05) is 17.8 Å². The van der Waals surface area contributed by atoms with E-state index in [-0.39, 0.29) is 23.9 Å². The van der Waals surface area contributed by atoms with E-state index in [1.165, 1.54) is 12.1 Å². The van der Waals surface area contributed by atoms with Gasteiger partial charge in [0.05, 0.1) is 5.88 Å². The Morgan fingerprint density at radius 3 is 2.40 bits per heavy atom. The van der Waals surface area contributed by atoms with Gasteiger partial charge in [-0.2, -0.15) is 17.6 Å². The SMILES string of the molecule is O=C(Nc1ccc(OC(F)C(F)(F)F)cc1)OCCCl. The Morgan fingerprint density at radius 2 is 1.90 bits per heavy atom. The van der Waals surface area contributed by atoms with E-state index in [1.807, 2.05) is 0 Å². The summed E-state index contributed by atoms with van der Waals surface area (Å²) in [5.74, 6) is -0.190. The van der Waals surface area contributed by atoms with E-state index in [9.17, 15) is 22.4 Å². The van der Waals surface area contributed by atoms with Crippen molar-refractivity contribution in [1.29, 1.82) is 0 Å². The molecule has 1 N–H and O–H groups in total. The molecule has 20 heavy (non-hydrogen) atoms. The summed E-state index contributed by atoms with van der Waals surface area (Å²) in [6.45, 7) is 0.0176. The molecule has 112 valence electrons. The topological polar surface area (TPSA) is 47.6 Å². The fraction of sp³-hybridized carbons (Fsp3) is 0.364. The molecule has 0 aliphatic carbocycles. The van der Waals surface area contributed by atoms with Crippen molar-refractivity contribution in [1.82, 2.24) is 0 Å². The third-order valence-corrected chi connectivity index (χ3v) is 2.06. The molecule has 0 aliphatic rings. The summed E-state index contributed by atoms with van der Waals surface area (Å²) in [6.07, 6.45) is -9.27. The second-order valence-corrected chi connectivity index (χ2v) is 3.83. The van der Waals surface area contributed by atoms with Gasteiger partial charge < -0.3 is 9.47 Å². The van der Waals surface area contributed by atoms with Gasteiger partial charge in [-0.3, -0.25) is 5.32 Å². The zero-order chi connectivity index (χ0) is 15.2. The Morgan fingerprint density at radius 1 is 1.30 bits per heavy atom. The summed E-state index contributed by atoms with van der Waals surface area (Å²) in [4.78, 5) is 11.1. The number of anilines is 1. The molecule has 0 aromatic heterocycles. The highest BCUT2D eigenvalue weighted by Crippen LogP contribution is 2.26. The van der Waals surface area contributed by atoms with Gasteiger partial charge in [0.25, 0.3) is 0 Å². The normalized spacial score (nSPS) is 12.7. The number of ether oxygens (including phenoxy) is 2. The molecule has 1 unspecified atom stereocenters. The lowest BCUT2D eigenvalue weighted by molar-refractivity contribution is -0.236. The van der Waals surface area contributed by atoms with E-state index >= 15 is 0 Å². The minimum Gasteiger partial charge on any atom is -0.452 e. The van der Waals surface area contributed by atoms with Crippen molar-refractivity contribution in [3.05, 3.63) is 24.3 Å². The molecule has 1 rings (SSSR count). The Kier molecular flexibility index (Phi) is 5.87. The number of hydrogen-bond donors (Lipinski definition) is 1. The highest BCUT2D eigenvalue weighted by atomic mass is 35.5. The molecule has 4 nitrogen and oxygen atoms in total. The van der Waals surface area contributed by atoms with Crippen LogP contribution in [0.25, 0.3) is 0 Å². The molecule has 1 aromatic rings. The van der Waals surface area contributed by atoms with Crippen molar-refractivity contribution in [3.63, 3.8) is 0 Å². The predicted molar refractivity (Wildman–Crippen MR) is 63.7 cm³/mol. The van der Waals surface area contributed by atoms with Gasteiger partial charge in [0.1, 0.15) is 12.4 Å². The standard InChI is InChI=1S/C11H10ClF4NO3/c12-5-6-19-10(18)17-7-1-3-8(4-2-7)20-9(13)11(14,15)16/h1-4,9H,5-6H2,(H,17,18). The van der Waals surface area contributed by atoms with Crippen molar-refractivity contribution in [3.8, 4) is 5.75 Å². The lowest BCUT2D eigenvalue weighted by atomic mass is 10.3. The average molecular weight is 316 g/mol. The van der Waals surface area contributed by atoms with E-state index in [0.29, 0.717) is 0 Å². The fourth-order valence-electron chi connectivity index (χ4n) is 1.09. The van der Waals surface area contributed by atoms with E-state index in [2.05, 4.69) is 14.8 Å². The first-order chi connectivity index (χ1) is 9.32. The minimum absolute atomic E-state index is 0.0176. The monoisotopic (exact) mass is 315 g/mol. The summed E-state index contributed by atoms with van der Waals surface area (Å²) in [5, 5.41) is 2.30. The zero-order valence-corrected chi connectivity index (χ0v) is 10.7. The lowest BCUT2D eigenvalue weighted by Crippen LogP contribution is -2.29. The molecule has 0 spiro atoms. The van der Waals surface area contributed by atoms with Crippen LogP contribution in [-0.4, -0.2) is 31.1 Å². The Bertz CT molecular complexity index is 438. The van der Waals surface area contributed by atoms with E-state index < -0.39 is 18.6 Å². The molecule has 9 heteroatoms. The van der Waals surface area contributed by atoms with Gasteiger partial charge in [-0.05, 0) is 24.3 Å². The third kappa shape index (κ3) is 5.52. The van der Waals surface area contributed by atoms with Crippen LogP contribution in [0.5, 0.6) is 5.75 Å². The Hall–Kier alpha value is -1.70. The maximum Gasteiger partial charge on any atom is 0.457 e. The molecule has 0 bridgehead atoms. The number of carbonyl (C=O) groups excluding carboxylic acids is 1. The number of halogens is 5. The highest BCUT2D eigenvalue weighted by Gasteiger charge is 2.42. The Labute approximate surface area is 116 Å². The average Bonchev–Trinajstić information content (AvgIpc) is 2.37. The molecule has 0 saturated carbocycles. The van der Waals surface area contributed by atoms with Gasteiger partial charge in [-0.15, -0.1) is 11.6 Å². The molecule has 1 aromatic carbocycles.